The predicted octanol–water partition coefficient (Wildman–Crippen LogP) is 3.25. The zero-order valence-corrected chi connectivity index (χ0v) is 13.2. The van der Waals surface area contributed by atoms with Gasteiger partial charge in [0.2, 0.25) is 0 Å². The van der Waals surface area contributed by atoms with Crippen LogP contribution in [0.1, 0.15) is 37.9 Å². The fourth-order valence-corrected chi connectivity index (χ4v) is 3.74. The van der Waals surface area contributed by atoms with Gasteiger partial charge in [0.15, 0.2) is 0 Å². The van der Waals surface area contributed by atoms with Gasteiger partial charge in [-0.2, -0.15) is 0 Å². The third-order valence-electron chi connectivity index (χ3n) is 4.60. The van der Waals surface area contributed by atoms with Gasteiger partial charge >= 0.3 is 0 Å². The predicted molar refractivity (Wildman–Crippen MR) is 85.6 cm³/mol. The van der Waals surface area contributed by atoms with Crippen molar-refractivity contribution in [1.82, 2.24) is 4.90 Å². The van der Waals surface area contributed by atoms with Crippen LogP contribution in [0.4, 0.5) is 0 Å². The Hall–Kier alpha value is -2.17. The highest BCUT2D eigenvalue weighted by atomic mass is 35.5. The lowest BCUT2D eigenvalue weighted by Gasteiger charge is -2.27. The van der Waals surface area contributed by atoms with Crippen LogP contribution in [0.2, 0.25) is 5.02 Å². The van der Waals surface area contributed by atoms with Gasteiger partial charge in [-0.3, -0.25) is 14.5 Å². The molecule has 0 fully saturated rings. The van der Waals surface area contributed by atoms with Crippen LogP contribution in [0.25, 0.3) is 0 Å². The summed E-state index contributed by atoms with van der Waals surface area (Å²) in [6.07, 6.45) is 0.371. The number of carbonyl (C=O) groups is 2. The third kappa shape index (κ3) is 2.02. The monoisotopic (exact) mass is 327 g/mol. The van der Waals surface area contributed by atoms with Gasteiger partial charge in [0.25, 0.3) is 11.8 Å². The number of halogens is 1. The first-order valence-electron chi connectivity index (χ1n) is 7.40. The summed E-state index contributed by atoms with van der Waals surface area (Å²) in [5.74, 6) is -0.527. The van der Waals surface area contributed by atoms with Gasteiger partial charge in [0.1, 0.15) is 0 Å². The number of fused-ring (bicyclic) bond motifs is 2. The molecule has 116 valence electrons. The Labute approximate surface area is 138 Å². The minimum absolute atomic E-state index is 0.259. The van der Waals surface area contributed by atoms with E-state index in [2.05, 4.69) is 0 Å². The summed E-state index contributed by atoms with van der Waals surface area (Å²) in [4.78, 5) is 26.8. The van der Waals surface area contributed by atoms with E-state index in [9.17, 15) is 9.59 Å². The van der Waals surface area contributed by atoms with E-state index in [0.717, 1.165) is 11.1 Å². The van der Waals surface area contributed by atoms with Crippen molar-refractivity contribution < 1.29 is 14.3 Å². The summed E-state index contributed by atoms with van der Waals surface area (Å²) >= 11 is 6.06. The van der Waals surface area contributed by atoms with Crippen molar-refractivity contribution in [3.05, 3.63) is 69.7 Å². The number of amides is 2. The summed E-state index contributed by atoms with van der Waals surface area (Å²) in [7, 11) is 1.60. The Morgan fingerprint density at radius 3 is 2.35 bits per heavy atom. The molecule has 0 bridgehead atoms. The molecule has 2 aromatic rings. The number of carbonyl (C=O) groups excluding carboxylic acids is 2. The Morgan fingerprint density at radius 1 is 1.09 bits per heavy atom. The fraction of sp³-hybridized carbons (Fsp3) is 0.222. The van der Waals surface area contributed by atoms with Crippen LogP contribution in [0, 0.1) is 0 Å². The maximum Gasteiger partial charge on any atom is 0.262 e. The Morgan fingerprint density at radius 2 is 1.74 bits per heavy atom. The number of methoxy groups -OCH3 is 1. The highest BCUT2D eigenvalue weighted by molar-refractivity contribution is 6.30. The molecule has 2 aliphatic rings. The van der Waals surface area contributed by atoms with Gasteiger partial charge in [-0.1, -0.05) is 29.8 Å². The van der Waals surface area contributed by atoms with E-state index >= 15 is 0 Å². The molecule has 0 saturated carbocycles. The first-order valence-corrected chi connectivity index (χ1v) is 7.77. The van der Waals surface area contributed by atoms with Crippen molar-refractivity contribution in [3.63, 3.8) is 0 Å². The van der Waals surface area contributed by atoms with E-state index in [1.165, 1.54) is 4.90 Å². The van der Waals surface area contributed by atoms with Crippen molar-refractivity contribution in [1.29, 1.82) is 0 Å². The second-order valence-corrected chi connectivity index (χ2v) is 6.23. The average Bonchev–Trinajstić information content (AvgIpc) is 3.03. The molecule has 0 saturated heterocycles. The topological polar surface area (TPSA) is 46.6 Å². The standard InChI is InChI=1S/C18H14ClNO3/c1-23-15-9-10-8-11(19)6-7-12(10)16(15)20-17(21)13-4-2-3-5-14(13)18(20)22/h2-8,15-16H,9H2,1H3/t15-,16-/m1/s1. The van der Waals surface area contributed by atoms with Crippen LogP contribution in [0.5, 0.6) is 0 Å². The number of imide groups is 1. The van der Waals surface area contributed by atoms with Gasteiger partial charge < -0.3 is 4.74 Å². The summed E-state index contributed by atoms with van der Waals surface area (Å²) in [6.45, 7) is 0. The van der Waals surface area contributed by atoms with Crippen LogP contribution in [-0.4, -0.2) is 29.9 Å². The lowest BCUT2D eigenvalue weighted by atomic mass is 10.1. The molecule has 2 amide bonds. The number of hydrogen-bond acceptors (Lipinski definition) is 3. The second-order valence-electron chi connectivity index (χ2n) is 5.79. The van der Waals surface area contributed by atoms with Gasteiger partial charge in [-0.25, -0.2) is 0 Å². The zero-order valence-electron chi connectivity index (χ0n) is 12.5. The highest BCUT2D eigenvalue weighted by Crippen LogP contribution is 2.42. The van der Waals surface area contributed by atoms with Crippen LogP contribution < -0.4 is 0 Å². The molecule has 0 radical (unpaired) electrons. The first-order chi connectivity index (χ1) is 11.1. The molecule has 1 heterocycles. The second kappa shape index (κ2) is 5.18. The Bertz CT molecular complexity index is 798. The van der Waals surface area contributed by atoms with Gasteiger partial charge in [0, 0.05) is 18.6 Å². The Kier molecular flexibility index (Phi) is 3.25. The van der Waals surface area contributed by atoms with Crippen LogP contribution in [0.15, 0.2) is 42.5 Å². The van der Waals surface area contributed by atoms with Gasteiger partial charge in [0.05, 0.1) is 23.3 Å². The van der Waals surface area contributed by atoms with Gasteiger partial charge in [-0.05, 0) is 35.4 Å². The van der Waals surface area contributed by atoms with E-state index in [-0.39, 0.29) is 17.9 Å². The quantitative estimate of drug-likeness (QED) is 0.795. The van der Waals surface area contributed by atoms with E-state index in [1.807, 2.05) is 12.1 Å². The Balaban J connectivity index is 1.82. The van der Waals surface area contributed by atoms with Crippen LogP contribution in [-0.2, 0) is 11.2 Å². The molecule has 23 heavy (non-hydrogen) atoms. The molecule has 0 spiro atoms. The minimum Gasteiger partial charge on any atom is -0.379 e. The fourth-order valence-electron chi connectivity index (χ4n) is 3.55. The number of rotatable bonds is 2. The molecule has 1 aliphatic heterocycles. The summed E-state index contributed by atoms with van der Waals surface area (Å²) in [5.41, 5.74) is 2.85. The zero-order chi connectivity index (χ0) is 16.1. The maximum atomic E-state index is 12.8. The third-order valence-corrected chi connectivity index (χ3v) is 4.84. The van der Waals surface area contributed by atoms with Crippen LogP contribution in [0.3, 0.4) is 0 Å². The van der Waals surface area contributed by atoms with Crippen molar-refractivity contribution in [2.24, 2.45) is 0 Å². The van der Waals surface area contributed by atoms with E-state index in [4.69, 9.17) is 16.3 Å². The smallest absolute Gasteiger partial charge is 0.262 e. The highest BCUT2D eigenvalue weighted by Gasteiger charge is 2.46. The largest absolute Gasteiger partial charge is 0.379 e. The average molecular weight is 328 g/mol. The first kappa shape index (κ1) is 14.4. The van der Waals surface area contributed by atoms with Crippen molar-refractivity contribution in [2.45, 2.75) is 18.6 Å². The molecule has 4 nitrogen and oxygen atoms in total. The number of benzene rings is 2. The molecule has 5 heteroatoms. The number of hydrogen-bond donors (Lipinski definition) is 0. The van der Waals surface area contributed by atoms with E-state index < -0.39 is 6.04 Å². The van der Waals surface area contributed by atoms with Crippen molar-refractivity contribution in [3.8, 4) is 0 Å². The summed E-state index contributed by atoms with van der Waals surface area (Å²) < 4.78 is 5.56. The van der Waals surface area contributed by atoms with Crippen molar-refractivity contribution >= 4 is 23.4 Å². The lowest BCUT2D eigenvalue weighted by Crippen LogP contribution is -2.39. The van der Waals surface area contributed by atoms with E-state index in [0.29, 0.717) is 22.6 Å². The number of nitrogens with zero attached hydrogens (tertiary/aromatic N) is 1. The lowest BCUT2D eigenvalue weighted by molar-refractivity contribution is 0.0228. The van der Waals surface area contributed by atoms with Gasteiger partial charge in [-0.15, -0.1) is 0 Å². The van der Waals surface area contributed by atoms with Crippen molar-refractivity contribution in [2.75, 3.05) is 7.11 Å². The molecule has 4 rings (SSSR count). The molecule has 0 unspecified atom stereocenters. The molecular formula is C18H14ClNO3. The molecule has 0 aromatic heterocycles. The maximum absolute atomic E-state index is 12.8. The summed E-state index contributed by atoms with van der Waals surface area (Å²) in [5, 5.41) is 0.640. The van der Waals surface area contributed by atoms with Crippen LogP contribution >= 0.6 is 11.6 Å². The molecule has 2 aromatic carbocycles. The summed E-state index contributed by atoms with van der Waals surface area (Å²) in [6, 6.07) is 12.0. The number of ether oxygens (including phenoxy) is 1. The molecular weight excluding hydrogens is 314 g/mol. The molecule has 2 atom stereocenters. The SMILES string of the molecule is CO[C@@H]1Cc2cc(Cl)ccc2[C@H]1N1C(=O)c2ccccc2C1=O. The van der Waals surface area contributed by atoms with E-state index in [1.54, 1.807) is 37.4 Å². The normalized spacial score (nSPS) is 22.4. The minimum atomic E-state index is -0.417. The molecule has 0 N–H and O–H groups in total. The molecule has 1 aliphatic carbocycles.